The Labute approximate surface area is 153 Å². The predicted octanol–water partition coefficient (Wildman–Crippen LogP) is 4.01. The highest BCUT2D eigenvalue weighted by molar-refractivity contribution is 6.35. The molecule has 1 aliphatic rings. The maximum absolute atomic E-state index is 12.3. The third-order valence-electron chi connectivity index (χ3n) is 3.37. The van der Waals surface area contributed by atoms with Gasteiger partial charge in [0.1, 0.15) is 12.3 Å². The molecule has 1 heterocycles. The molecule has 1 N–H and O–H groups in total. The quantitative estimate of drug-likeness (QED) is 0.868. The Balaban J connectivity index is 1.80. The van der Waals surface area contributed by atoms with Crippen LogP contribution in [-0.2, 0) is 9.59 Å². The van der Waals surface area contributed by atoms with Crippen molar-refractivity contribution in [1.29, 1.82) is 0 Å². The molecule has 0 spiro atoms. The average Bonchev–Trinajstić information content (AvgIpc) is 2.54. The largest absolute Gasteiger partial charge is 0.482 e. The second kappa shape index (κ2) is 6.89. The minimum absolute atomic E-state index is 0.139. The highest BCUT2D eigenvalue weighted by Crippen LogP contribution is 2.34. The van der Waals surface area contributed by atoms with Gasteiger partial charge in [0, 0.05) is 10.0 Å². The maximum Gasteiger partial charge on any atom is 0.265 e. The summed E-state index contributed by atoms with van der Waals surface area (Å²) in [5.41, 5.74) is 0.826. The van der Waals surface area contributed by atoms with Crippen molar-refractivity contribution in [2.45, 2.75) is 0 Å². The zero-order valence-corrected chi connectivity index (χ0v) is 14.5. The normalized spacial score (nSPS) is 13.3. The van der Waals surface area contributed by atoms with Crippen LogP contribution in [0.2, 0.25) is 15.1 Å². The van der Waals surface area contributed by atoms with Gasteiger partial charge in [0.2, 0.25) is 5.91 Å². The van der Waals surface area contributed by atoms with E-state index >= 15 is 0 Å². The molecule has 0 bridgehead atoms. The number of halogens is 3. The number of rotatable bonds is 3. The summed E-state index contributed by atoms with van der Waals surface area (Å²) in [5.74, 6) is -0.259. The van der Waals surface area contributed by atoms with E-state index in [1.54, 1.807) is 30.3 Å². The zero-order chi connectivity index (χ0) is 17.3. The minimum atomic E-state index is -0.416. The molecule has 0 aromatic heterocycles. The first-order chi connectivity index (χ1) is 11.4. The molecule has 0 atom stereocenters. The summed E-state index contributed by atoms with van der Waals surface area (Å²) in [4.78, 5) is 25.7. The van der Waals surface area contributed by atoms with Gasteiger partial charge < -0.3 is 10.1 Å². The molecule has 2 amide bonds. The third-order valence-corrected chi connectivity index (χ3v) is 4.17. The smallest absolute Gasteiger partial charge is 0.265 e. The van der Waals surface area contributed by atoms with Gasteiger partial charge in [-0.1, -0.05) is 34.8 Å². The molecule has 3 rings (SSSR count). The number of carbonyl (C=O) groups is 2. The van der Waals surface area contributed by atoms with Crippen molar-refractivity contribution in [2.75, 3.05) is 23.4 Å². The van der Waals surface area contributed by atoms with Gasteiger partial charge in [0.15, 0.2) is 6.61 Å². The van der Waals surface area contributed by atoms with Gasteiger partial charge in [0.25, 0.3) is 5.91 Å². The van der Waals surface area contributed by atoms with Gasteiger partial charge in [-0.3, -0.25) is 14.5 Å². The molecule has 124 valence electrons. The van der Waals surface area contributed by atoms with Crippen LogP contribution in [0.1, 0.15) is 0 Å². The van der Waals surface area contributed by atoms with Gasteiger partial charge in [-0.25, -0.2) is 0 Å². The SMILES string of the molecule is O=C(CN1C(=O)COc2ccc(Cl)cc21)Nc1cc(Cl)ccc1Cl. The molecule has 0 aliphatic carbocycles. The Morgan fingerprint density at radius 3 is 2.62 bits per heavy atom. The van der Waals surface area contributed by atoms with Crippen LogP contribution in [0.5, 0.6) is 5.75 Å². The molecule has 0 saturated carbocycles. The van der Waals surface area contributed by atoms with E-state index in [1.807, 2.05) is 0 Å². The van der Waals surface area contributed by atoms with Crippen LogP contribution >= 0.6 is 34.8 Å². The molecule has 0 fully saturated rings. The first-order valence-corrected chi connectivity index (χ1v) is 8.05. The third kappa shape index (κ3) is 3.59. The summed E-state index contributed by atoms with van der Waals surface area (Å²) in [6.45, 7) is -0.335. The second-order valence-electron chi connectivity index (χ2n) is 5.05. The highest BCUT2D eigenvalue weighted by Gasteiger charge is 2.27. The Hall–Kier alpha value is -1.95. The fourth-order valence-corrected chi connectivity index (χ4v) is 2.78. The number of hydrogen-bond donors (Lipinski definition) is 1. The first-order valence-electron chi connectivity index (χ1n) is 6.91. The van der Waals surface area contributed by atoms with Crippen LogP contribution in [-0.4, -0.2) is 25.0 Å². The van der Waals surface area contributed by atoms with Crippen LogP contribution in [0, 0.1) is 0 Å². The summed E-state index contributed by atoms with van der Waals surface area (Å²) < 4.78 is 5.34. The van der Waals surface area contributed by atoms with Crippen molar-refractivity contribution in [3.63, 3.8) is 0 Å². The Bertz CT molecular complexity index is 826. The summed E-state index contributed by atoms with van der Waals surface area (Å²) in [6, 6.07) is 9.61. The van der Waals surface area contributed by atoms with Gasteiger partial charge in [-0.05, 0) is 36.4 Å². The molecular formula is C16H11Cl3N2O3. The van der Waals surface area contributed by atoms with Crippen molar-refractivity contribution < 1.29 is 14.3 Å². The van der Waals surface area contributed by atoms with E-state index in [-0.39, 0.29) is 19.1 Å². The highest BCUT2D eigenvalue weighted by atomic mass is 35.5. The number of hydrogen-bond acceptors (Lipinski definition) is 3. The van der Waals surface area contributed by atoms with E-state index in [0.717, 1.165) is 0 Å². The first kappa shape index (κ1) is 16.9. The second-order valence-corrected chi connectivity index (χ2v) is 6.33. The predicted molar refractivity (Wildman–Crippen MR) is 94.4 cm³/mol. The lowest BCUT2D eigenvalue weighted by atomic mass is 10.2. The number of amides is 2. The van der Waals surface area contributed by atoms with E-state index in [4.69, 9.17) is 39.5 Å². The standard InChI is InChI=1S/C16H11Cl3N2O3/c17-9-1-3-11(19)12(5-9)20-15(22)7-21-13-6-10(18)2-4-14(13)24-8-16(21)23/h1-6H,7-8H2,(H,20,22). The molecule has 8 heteroatoms. The van der Waals surface area contributed by atoms with E-state index in [9.17, 15) is 9.59 Å². The molecule has 1 aliphatic heterocycles. The average molecular weight is 386 g/mol. The van der Waals surface area contributed by atoms with Gasteiger partial charge in [0.05, 0.1) is 16.4 Å². The number of fused-ring (bicyclic) bond motifs is 1. The summed E-state index contributed by atoms with van der Waals surface area (Å²) in [6.07, 6.45) is 0. The Morgan fingerprint density at radius 1 is 1.12 bits per heavy atom. The number of carbonyl (C=O) groups excluding carboxylic acids is 2. The number of benzene rings is 2. The fraction of sp³-hybridized carbons (Fsp3) is 0.125. The van der Waals surface area contributed by atoms with Gasteiger partial charge in [-0.15, -0.1) is 0 Å². The monoisotopic (exact) mass is 384 g/mol. The van der Waals surface area contributed by atoms with E-state index in [0.29, 0.717) is 32.2 Å². The number of nitrogens with one attached hydrogen (secondary N) is 1. The van der Waals surface area contributed by atoms with Crippen LogP contribution in [0.15, 0.2) is 36.4 Å². The molecule has 0 unspecified atom stereocenters. The molecule has 2 aromatic rings. The van der Waals surface area contributed by atoms with Gasteiger partial charge in [-0.2, -0.15) is 0 Å². The Morgan fingerprint density at radius 2 is 1.83 bits per heavy atom. The number of nitrogens with zero attached hydrogens (tertiary/aromatic N) is 1. The van der Waals surface area contributed by atoms with Crippen LogP contribution in [0.4, 0.5) is 11.4 Å². The molecule has 5 nitrogen and oxygen atoms in total. The van der Waals surface area contributed by atoms with Crippen LogP contribution in [0.25, 0.3) is 0 Å². The Kier molecular flexibility index (Phi) is 4.85. The number of anilines is 2. The van der Waals surface area contributed by atoms with E-state index in [2.05, 4.69) is 5.32 Å². The number of ether oxygens (including phenoxy) is 1. The molecule has 0 radical (unpaired) electrons. The lowest BCUT2D eigenvalue weighted by Gasteiger charge is -2.29. The van der Waals surface area contributed by atoms with E-state index < -0.39 is 5.91 Å². The van der Waals surface area contributed by atoms with Crippen molar-refractivity contribution in [1.82, 2.24) is 0 Å². The van der Waals surface area contributed by atoms with Crippen LogP contribution < -0.4 is 15.0 Å². The molecule has 0 saturated heterocycles. The molecular weight excluding hydrogens is 375 g/mol. The van der Waals surface area contributed by atoms with Crippen molar-refractivity contribution >= 4 is 58.0 Å². The van der Waals surface area contributed by atoms with Crippen LogP contribution in [0.3, 0.4) is 0 Å². The molecule has 2 aromatic carbocycles. The van der Waals surface area contributed by atoms with Crippen molar-refractivity contribution in [3.05, 3.63) is 51.5 Å². The lowest BCUT2D eigenvalue weighted by molar-refractivity contribution is -0.123. The maximum atomic E-state index is 12.3. The van der Waals surface area contributed by atoms with Crippen molar-refractivity contribution in [3.8, 4) is 5.75 Å². The fourth-order valence-electron chi connectivity index (χ4n) is 2.28. The van der Waals surface area contributed by atoms with E-state index in [1.165, 1.54) is 11.0 Å². The summed E-state index contributed by atoms with van der Waals surface area (Å²) in [5, 5.41) is 3.87. The molecule has 24 heavy (non-hydrogen) atoms. The van der Waals surface area contributed by atoms with Gasteiger partial charge >= 0.3 is 0 Å². The minimum Gasteiger partial charge on any atom is -0.482 e. The summed E-state index contributed by atoms with van der Waals surface area (Å²) >= 11 is 17.9. The van der Waals surface area contributed by atoms with Crippen molar-refractivity contribution in [2.24, 2.45) is 0 Å². The summed E-state index contributed by atoms with van der Waals surface area (Å²) in [7, 11) is 0. The lowest BCUT2D eigenvalue weighted by Crippen LogP contribution is -2.43. The topological polar surface area (TPSA) is 58.6 Å². The zero-order valence-electron chi connectivity index (χ0n) is 12.2.